The molecular weight excluding hydrogens is 354 g/mol. The first-order chi connectivity index (χ1) is 8.98. The van der Waals surface area contributed by atoms with Crippen molar-refractivity contribution in [1.29, 1.82) is 0 Å². The molecule has 0 N–H and O–H groups in total. The largest absolute Gasteiger partial charge is 0.261 e. The van der Waals surface area contributed by atoms with Gasteiger partial charge in [-0.25, -0.2) is 8.42 Å². The van der Waals surface area contributed by atoms with Crippen LogP contribution < -0.4 is 0 Å². The van der Waals surface area contributed by atoms with Gasteiger partial charge in [-0.15, -0.1) is 0 Å². The fourth-order valence-corrected chi connectivity index (χ4v) is 5.18. The summed E-state index contributed by atoms with van der Waals surface area (Å²) in [7, 11) is -1.95. The summed E-state index contributed by atoms with van der Waals surface area (Å²) in [4.78, 5) is 0. The van der Waals surface area contributed by atoms with E-state index in [1.807, 2.05) is 0 Å². The normalized spacial score (nSPS) is 21.1. The van der Waals surface area contributed by atoms with Gasteiger partial charge in [0.15, 0.2) is 5.03 Å². The first kappa shape index (κ1) is 15.3. The highest BCUT2D eigenvalue weighted by Crippen LogP contribution is 2.31. The van der Waals surface area contributed by atoms with Crippen LogP contribution in [0.1, 0.15) is 25.7 Å². The van der Waals surface area contributed by atoms with E-state index in [-0.39, 0.29) is 16.1 Å². The Labute approximate surface area is 127 Å². The molecule has 1 aromatic heterocycles. The van der Waals surface area contributed by atoms with Crippen molar-refractivity contribution in [3.8, 4) is 0 Å². The first-order valence-corrected chi connectivity index (χ1v) is 9.17. The Balaban J connectivity index is 2.29. The van der Waals surface area contributed by atoms with Crippen LogP contribution >= 0.6 is 27.5 Å². The molecule has 2 heterocycles. The standard InChI is InChI=1S/C11H17BrClN3O2S/c1-15-11(10(13)8-14-15)19(17,18)16-7-3-5-9(16)4-2-6-12/h8-9H,2-7H2,1H3. The molecule has 0 aliphatic carbocycles. The molecule has 8 heteroatoms. The number of halogens is 2. The van der Waals surface area contributed by atoms with Crippen LogP contribution in [0.15, 0.2) is 11.2 Å². The van der Waals surface area contributed by atoms with Crippen molar-refractivity contribution in [2.45, 2.75) is 36.8 Å². The first-order valence-electron chi connectivity index (χ1n) is 6.23. The van der Waals surface area contributed by atoms with Crippen LogP contribution in [0.3, 0.4) is 0 Å². The van der Waals surface area contributed by atoms with Gasteiger partial charge in [0.2, 0.25) is 0 Å². The van der Waals surface area contributed by atoms with Gasteiger partial charge in [0.1, 0.15) is 0 Å². The van der Waals surface area contributed by atoms with E-state index in [4.69, 9.17) is 11.6 Å². The molecule has 1 aromatic rings. The number of hydrogen-bond donors (Lipinski definition) is 0. The molecule has 19 heavy (non-hydrogen) atoms. The van der Waals surface area contributed by atoms with Gasteiger partial charge in [0.05, 0.1) is 11.2 Å². The van der Waals surface area contributed by atoms with E-state index in [1.165, 1.54) is 10.9 Å². The number of hydrogen-bond acceptors (Lipinski definition) is 3. The average molecular weight is 371 g/mol. The second-order valence-electron chi connectivity index (χ2n) is 4.66. The number of nitrogens with zero attached hydrogens (tertiary/aromatic N) is 3. The van der Waals surface area contributed by atoms with Gasteiger partial charge in [0.25, 0.3) is 10.0 Å². The number of rotatable bonds is 5. The molecule has 0 saturated carbocycles. The fourth-order valence-electron chi connectivity index (χ4n) is 2.53. The summed E-state index contributed by atoms with van der Waals surface area (Å²) in [5.74, 6) is 0. The molecule has 0 bridgehead atoms. The van der Waals surface area contributed by atoms with Crippen molar-refractivity contribution in [3.63, 3.8) is 0 Å². The van der Waals surface area contributed by atoms with Crippen molar-refractivity contribution >= 4 is 37.6 Å². The molecule has 0 amide bonds. The Hall–Kier alpha value is -0.110. The van der Waals surface area contributed by atoms with E-state index in [0.29, 0.717) is 6.54 Å². The third-order valence-corrected chi connectivity index (χ3v) is 6.41. The Kier molecular flexibility index (Phi) is 4.92. The van der Waals surface area contributed by atoms with E-state index in [0.717, 1.165) is 31.0 Å². The summed E-state index contributed by atoms with van der Waals surface area (Å²) < 4.78 is 28.3. The molecule has 2 rings (SSSR count). The van der Waals surface area contributed by atoms with Crippen molar-refractivity contribution < 1.29 is 8.42 Å². The Morgan fingerprint density at radius 3 is 2.89 bits per heavy atom. The minimum absolute atomic E-state index is 0.0773. The van der Waals surface area contributed by atoms with Crippen LogP contribution in [-0.4, -0.2) is 40.4 Å². The second-order valence-corrected chi connectivity index (χ2v) is 7.67. The molecule has 0 spiro atoms. The molecule has 0 aromatic carbocycles. The van der Waals surface area contributed by atoms with Crippen LogP contribution in [0.2, 0.25) is 5.02 Å². The molecular formula is C11H17BrClN3O2S. The van der Waals surface area contributed by atoms with Gasteiger partial charge >= 0.3 is 0 Å². The Morgan fingerprint density at radius 1 is 1.58 bits per heavy atom. The summed E-state index contributed by atoms with van der Waals surface area (Å²) in [5.41, 5.74) is 0. The lowest BCUT2D eigenvalue weighted by Gasteiger charge is -2.23. The lowest BCUT2D eigenvalue weighted by atomic mass is 10.1. The van der Waals surface area contributed by atoms with Gasteiger partial charge in [-0.2, -0.15) is 9.40 Å². The zero-order chi connectivity index (χ0) is 14.0. The van der Waals surface area contributed by atoms with Gasteiger partial charge in [-0.05, 0) is 25.7 Å². The average Bonchev–Trinajstić information content (AvgIpc) is 2.94. The summed E-state index contributed by atoms with van der Waals surface area (Å²) >= 11 is 9.35. The summed E-state index contributed by atoms with van der Waals surface area (Å²) in [5, 5.41) is 5.09. The number of aromatic nitrogens is 2. The third-order valence-electron chi connectivity index (χ3n) is 3.39. The molecule has 1 aliphatic rings. The Bertz CT molecular complexity index is 527. The predicted molar refractivity (Wildman–Crippen MR) is 78.2 cm³/mol. The highest BCUT2D eigenvalue weighted by Gasteiger charge is 2.37. The third kappa shape index (κ3) is 2.99. The SMILES string of the molecule is Cn1ncc(Cl)c1S(=O)(=O)N1CCCC1CCCBr. The van der Waals surface area contributed by atoms with Gasteiger partial charge < -0.3 is 0 Å². The van der Waals surface area contributed by atoms with Gasteiger partial charge in [-0.1, -0.05) is 27.5 Å². The van der Waals surface area contributed by atoms with E-state index >= 15 is 0 Å². The van der Waals surface area contributed by atoms with E-state index < -0.39 is 10.0 Å². The number of alkyl halides is 1. The highest BCUT2D eigenvalue weighted by atomic mass is 79.9. The van der Waals surface area contributed by atoms with Crippen LogP contribution in [0, 0.1) is 0 Å². The zero-order valence-electron chi connectivity index (χ0n) is 10.7. The molecule has 5 nitrogen and oxygen atoms in total. The van der Waals surface area contributed by atoms with Crippen molar-refractivity contribution in [3.05, 3.63) is 11.2 Å². The van der Waals surface area contributed by atoms with Gasteiger partial charge in [0, 0.05) is 25.0 Å². The molecule has 1 aliphatic heterocycles. The monoisotopic (exact) mass is 369 g/mol. The van der Waals surface area contributed by atoms with Crippen LogP contribution in [0.25, 0.3) is 0 Å². The van der Waals surface area contributed by atoms with E-state index in [1.54, 1.807) is 11.4 Å². The van der Waals surface area contributed by atoms with E-state index in [2.05, 4.69) is 21.0 Å². The summed E-state index contributed by atoms with van der Waals surface area (Å²) in [6.45, 7) is 0.566. The van der Waals surface area contributed by atoms with Crippen LogP contribution in [0.5, 0.6) is 0 Å². The smallest absolute Gasteiger partial charge is 0.255 e. The molecule has 1 saturated heterocycles. The molecule has 108 valence electrons. The quantitative estimate of drug-likeness (QED) is 0.748. The minimum atomic E-state index is -3.55. The van der Waals surface area contributed by atoms with Crippen molar-refractivity contribution in [1.82, 2.24) is 14.1 Å². The number of aryl methyl sites for hydroxylation is 1. The predicted octanol–water partition coefficient (Wildman–Crippen LogP) is 2.40. The maximum atomic E-state index is 12.7. The van der Waals surface area contributed by atoms with E-state index in [9.17, 15) is 8.42 Å². The topological polar surface area (TPSA) is 55.2 Å². The van der Waals surface area contributed by atoms with Gasteiger partial charge in [-0.3, -0.25) is 4.68 Å². The highest BCUT2D eigenvalue weighted by molar-refractivity contribution is 9.09. The molecule has 0 radical (unpaired) electrons. The summed E-state index contributed by atoms with van der Waals surface area (Å²) in [6, 6.07) is 0.0773. The second kappa shape index (κ2) is 6.11. The molecule has 1 unspecified atom stereocenters. The maximum absolute atomic E-state index is 12.7. The minimum Gasteiger partial charge on any atom is -0.255 e. The van der Waals surface area contributed by atoms with Crippen LogP contribution in [0.4, 0.5) is 0 Å². The van der Waals surface area contributed by atoms with Crippen LogP contribution in [-0.2, 0) is 17.1 Å². The van der Waals surface area contributed by atoms with Crippen molar-refractivity contribution in [2.75, 3.05) is 11.9 Å². The summed E-state index contributed by atoms with van der Waals surface area (Å²) in [6.07, 6.45) is 5.04. The zero-order valence-corrected chi connectivity index (χ0v) is 13.9. The maximum Gasteiger partial charge on any atom is 0.261 e. The fraction of sp³-hybridized carbons (Fsp3) is 0.727. The molecule has 1 atom stereocenters. The number of sulfonamides is 1. The van der Waals surface area contributed by atoms with Crippen molar-refractivity contribution in [2.24, 2.45) is 7.05 Å². The lowest BCUT2D eigenvalue weighted by molar-refractivity contribution is 0.365. The lowest BCUT2D eigenvalue weighted by Crippen LogP contribution is -2.36. The molecule has 1 fully saturated rings. The Morgan fingerprint density at radius 2 is 2.32 bits per heavy atom.